The third-order valence-corrected chi connectivity index (χ3v) is 1.83. The Balaban J connectivity index is 2.49. The Bertz CT molecular complexity index is 328. The SMILES string of the molecule is CC(COc1cccc(F)c1)C(=N)N. The van der Waals surface area contributed by atoms with Gasteiger partial charge in [-0.05, 0) is 12.1 Å². The van der Waals surface area contributed by atoms with E-state index in [0.29, 0.717) is 12.4 Å². The Hall–Kier alpha value is -1.58. The fraction of sp³-hybridized carbons (Fsp3) is 0.300. The van der Waals surface area contributed by atoms with Crippen molar-refractivity contribution in [3.8, 4) is 5.75 Å². The number of benzene rings is 1. The molecule has 0 fully saturated rings. The molecule has 0 spiro atoms. The molecule has 4 heteroatoms. The van der Waals surface area contributed by atoms with Gasteiger partial charge in [-0.1, -0.05) is 13.0 Å². The number of hydrogen-bond donors (Lipinski definition) is 2. The van der Waals surface area contributed by atoms with E-state index >= 15 is 0 Å². The minimum absolute atomic E-state index is 0.0707. The molecule has 0 aromatic heterocycles. The molecule has 0 bridgehead atoms. The Morgan fingerprint density at radius 2 is 2.36 bits per heavy atom. The van der Waals surface area contributed by atoms with Gasteiger partial charge in [0.1, 0.15) is 11.6 Å². The predicted octanol–water partition coefficient (Wildman–Crippen LogP) is 1.78. The van der Waals surface area contributed by atoms with Crippen LogP contribution >= 0.6 is 0 Å². The van der Waals surface area contributed by atoms with Crippen molar-refractivity contribution in [2.75, 3.05) is 6.61 Å². The summed E-state index contributed by atoms with van der Waals surface area (Å²) in [5.41, 5.74) is 5.26. The molecule has 1 unspecified atom stereocenters. The molecule has 1 aromatic carbocycles. The zero-order valence-electron chi connectivity index (χ0n) is 7.96. The Kier molecular flexibility index (Phi) is 3.45. The summed E-state index contributed by atoms with van der Waals surface area (Å²) >= 11 is 0. The minimum Gasteiger partial charge on any atom is -0.493 e. The molecule has 1 rings (SSSR count). The molecule has 3 nitrogen and oxygen atoms in total. The van der Waals surface area contributed by atoms with Gasteiger partial charge >= 0.3 is 0 Å². The van der Waals surface area contributed by atoms with Crippen LogP contribution in [0.1, 0.15) is 6.92 Å². The molecule has 1 atom stereocenters. The van der Waals surface area contributed by atoms with E-state index in [9.17, 15) is 4.39 Å². The zero-order valence-corrected chi connectivity index (χ0v) is 7.96. The maximum atomic E-state index is 12.7. The molecule has 0 aliphatic rings. The maximum Gasteiger partial charge on any atom is 0.126 e. The topological polar surface area (TPSA) is 59.1 Å². The van der Waals surface area contributed by atoms with Crippen LogP contribution in [0.25, 0.3) is 0 Å². The van der Waals surface area contributed by atoms with Crippen molar-refractivity contribution in [1.82, 2.24) is 0 Å². The van der Waals surface area contributed by atoms with Crippen LogP contribution in [0.2, 0.25) is 0 Å². The fourth-order valence-corrected chi connectivity index (χ4v) is 0.868. The number of nitrogens with one attached hydrogen (secondary N) is 1. The van der Waals surface area contributed by atoms with E-state index in [4.69, 9.17) is 15.9 Å². The van der Waals surface area contributed by atoms with Gasteiger partial charge in [-0.15, -0.1) is 0 Å². The van der Waals surface area contributed by atoms with Crippen LogP contribution in [0.5, 0.6) is 5.75 Å². The second-order valence-electron chi connectivity index (χ2n) is 3.12. The summed E-state index contributed by atoms with van der Waals surface area (Å²) in [5.74, 6) is 0.0377. The molecule has 0 heterocycles. The van der Waals surface area contributed by atoms with Crippen molar-refractivity contribution >= 4 is 5.84 Å². The van der Waals surface area contributed by atoms with Crippen molar-refractivity contribution in [3.63, 3.8) is 0 Å². The van der Waals surface area contributed by atoms with Gasteiger partial charge in [0.15, 0.2) is 0 Å². The monoisotopic (exact) mass is 196 g/mol. The smallest absolute Gasteiger partial charge is 0.126 e. The molecule has 1 aromatic rings. The van der Waals surface area contributed by atoms with Crippen LogP contribution < -0.4 is 10.5 Å². The molecule has 76 valence electrons. The first-order valence-corrected chi connectivity index (χ1v) is 4.32. The van der Waals surface area contributed by atoms with Crippen molar-refractivity contribution in [1.29, 1.82) is 5.41 Å². The Morgan fingerprint density at radius 1 is 1.64 bits per heavy atom. The van der Waals surface area contributed by atoms with E-state index in [1.807, 2.05) is 0 Å². The van der Waals surface area contributed by atoms with Gasteiger partial charge in [-0.3, -0.25) is 5.41 Å². The second kappa shape index (κ2) is 4.60. The summed E-state index contributed by atoms with van der Waals surface area (Å²) in [7, 11) is 0. The summed E-state index contributed by atoms with van der Waals surface area (Å²) in [5, 5.41) is 7.13. The van der Waals surface area contributed by atoms with Gasteiger partial charge in [0.05, 0.1) is 12.4 Å². The average molecular weight is 196 g/mol. The molecule has 0 aliphatic heterocycles. The zero-order chi connectivity index (χ0) is 10.6. The largest absolute Gasteiger partial charge is 0.493 e. The van der Waals surface area contributed by atoms with Crippen molar-refractivity contribution in [3.05, 3.63) is 30.1 Å². The number of ether oxygens (including phenoxy) is 1. The van der Waals surface area contributed by atoms with Gasteiger partial charge in [0.25, 0.3) is 0 Å². The summed E-state index contributed by atoms with van der Waals surface area (Å²) < 4.78 is 18.0. The van der Waals surface area contributed by atoms with Crippen molar-refractivity contribution in [2.24, 2.45) is 11.7 Å². The number of hydrogen-bond acceptors (Lipinski definition) is 2. The predicted molar refractivity (Wildman–Crippen MR) is 53.0 cm³/mol. The lowest BCUT2D eigenvalue weighted by Crippen LogP contribution is -2.25. The number of halogens is 1. The number of amidine groups is 1. The summed E-state index contributed by atoms with van der Waals surface area (Å²) in [4.78, 5) is 0. The van der Waals surface area contributed by atoms with E-state index in [1.54, 1.807) is 19.1 Å². The second-order valence-corrected chi connectivity index (χ2v) is 3.12. The molecule has 0 radical (unpaired) electrons. The quantitative estimate of drug-likeness (QED) is 0.569. The lowest BCUT2D eigenvalue weighted by molar-refractivity contribution is 0.290. The summed E-state index contributed by atoms with van der Waals surface area (Å²) in [6.45, 7) is 2.07. The first-order chi connectivity index (χ1) is 6.59. The van der Waals surface area contributed by atoms with E-state index in [-0.39, 0.29) is 17.6 Å². The molecule has 0 saturated carbocycles. The first-order valence-electron chi connectivity index (χ1n) is 4.32. The third-order valence-electron chi connectivity index (χ3n) is 1.83. The molecule has 14 heavy (non-hydrogen) atoms. The highest BCUT2D eigenvalue weighted by Crippen LogP contribution is 2.12. The van der Waals surface area contributed by atoms with Crippen LogP contribution in [0.4, 0.5) is 4.39 Å². The lowest BCUT2D eigenvalue weighted by atomic mass is 10.2. The van der Waals surface area contributed by atoms with E-state index in [2.05, 4.69) is 0 Å². The summed E-state index contributed by atoms with van der Waals surface area (Å²) in [6, 6.07) is 5.88. The normalized spacial score (nSPS) is 12.1. The Morgan fingerprint density at radius 3 is 2.93 bits per heavy atom. The number of nitrogens with two attached hydrogens (primary N) is 1. The molecule has 0 aliphatic carbocycles. The van der Waals surface area contributed by atoms with Gasteiger partial charge in [-0.25, -0.2) is 4.39 Å². The molecular formula is C10H13FN2O. The molecule has 0 amide bonds. The summed E-state index contributed by atoms with van der Waals surface area (Å²) in [6.07, 6.45) is 0. The van der Waals surface area contributed by atoms with Crippen LogP contribution in [-0.2, 0) is 0 Å². The average Bonchev–Trinajstić information content (AvgIpc) is 2.14. The number of rotatable bonds is 4. The van der Waals surface area contributed by atoms with E-state index in [1.165, 1.54) is 12.1 Å². The van der Waals surface area contributed by atoms with Crippen molar-refractivity contribution < 1.29 is 9.13 Å². The third kappa shape index (κ3) is 3.05. The molecule has 3 N–H and O–H groups in total. The standard InChI is InChI=1S/C10H13FN2O/c1-7(10(12)13)6-14-9-4-2-3-8(11)5-9/h2-5,7H,6H2,1H3,(H3,12,13). The molecule has 0 saturated heterocycles. The molecular weight excluding hydrogens is 183 g/mol. The van der Waals surface area contributed by atoms with Gasteiger partial charge < -0.3 is 10.5 Å². The van der Waals surface area contributed by atoms with Gasteiger partial charge in [0.2, 0.25) is 0 Å². The van der Waals surface area contributed by atoms with Crippen LogP contribution in [0, 0.1) is 17.1 Å². The van der Waals surface area contributed by atoms with Crippen LogP contribution in [-0.4, -0.2) is 12.4 Å². The van der Waals surface area contributed by atoms with Crippen LogP contribution in [0.15, 0.2) is 24.3 Å². The van der Waals surface area contributed by atoms with Gasteiger partial charge in [0, 0.05) is 12.0 Å². The minimum atomic E-state index is -0.335. The van der Waals surface area contributed by atoms with Crippen LogP contribution in [0.3, 0.4) is 0 Å². The fourth-order valence-electron chi connectivity index (χ4n) is 0.868. The van der Waals surface area contributed by atoms with Crippen molar-refractivity contribution in [2.45, 2.75) is 6.92 Å². The first kappa shape index (κ1) is 10.5. The van der Waals surface area contributed by atoms with E-state index < -0.39 is 0 Å². The maximum absolute atomic E-state index is 12.7. The highest BCUT2D eigenvalue weighted by molar-refractivity contribution is 5.79. The highest BCUT2D eigenvalue weighted by atomic mass is 19.1. The highest BCUT2D eigenvalue weighted by Gasteiger charge is 2.05. The Labute approximate surface area is 82.2 Å². The van der Waals surface area contributed by atoms with Gasteiger partial charge in [-0.2, -0.15) is 0 Å². The lowest BCUT2D eigenvalue weighted by Gasteiger charge is -2.11. The van der Waals surface area contributed by atoms with E-state index in [0.717, 1.165) is 0 Å².